The molecule has 0 aliphatic rings. The Hall–Kier alpha value is -1.15. The molecule has 19 heavy (non-hydrogen) atoms. The number of hydrogen-bond donors (Lipinski definition) is 2. The van der Waals surface area contributed by atoms with Gasteiger partial charge >= 0.3 is 0 Å². The van der Waals surface area contributed by atoms with Crippen LogP contribution in [0.3, 0.4) is 0 Å². The van der Waals surface area contributed by atoms with E-state index < -0.39 is 10.0 Å². The van der Waals surface area contributed by atoms with Gasteiger partial charge in [0.2, 0.25) is 10.0 Å². The van der Waals surface area contributed by atoms with E-state index in [4.69, 9.17) is 4.42 Å². The van der Waals surface area contributed by atoms with Crippen molar-refractivity contribution in [2.45, 2.75) is 24.2 Å². The molecular weight excluding hydrogens is 284 g/mol. The molecule has 2 aromatic heterocycles. The van der Waals surface area contributed by atoms with Crippen molar-refractivity contribution < 1.29 is 12.8 Å². The van der Waals surface area contributed by atoms with Gasteiger partial charge in [-0.1, -0.05) is 6.92 Å². The molecule has 0 bridgehead atoms. The molecule has 0 saturated heterocycles. The zero-order chi connectivity index (χ0) is 13.7. The fourth-order valence-corrected chi connectivity index (χ4v) is 3.86. The molecule has 7 heteroatoms. The largest absolute Gasteiger partial charge is 0.468 e. The van der Waals surface area contributed by atoms with Crippen molar-refractivity contribution in [2.24, 2.45) is 0 Å². The third-order valence-electron chi connectivity index (χ3n) is 2.47. The smallest absolute Gasteiger partial charge is 0.250 e. The van der Waals surface area contributed by atoms with Gasteiger partial charge in [-0.25, -0.2) is 13.1 Å². The highest BCUT2D eigenvalue weighted by Gasteiger charge is 2.16. The highest BCUT2D eigenvalue weighted by molar-refractivity contribution is 7.91. The van der Waals surface area contributed by atoms with E-state index in [-0.39, 0.29) is 6.54 Å². The molecule has 0 radical (unpaired) electrons. The van der Waals surface area contributed by atoms with Gasteiger partial charge in [0.25, 0.3) is 0 Å². The minimum absolute atomic E-state index is 0.162. The van der Waals surface area contributed by atoms with E-state index in [9.17, 15) is 8.42 Å². The second kappa shape index (κ2) is 6.33. The zero-order valence-electron chi connectivity index (χ0n) is 10.5. The van der Waals surface area contributed by atoms with E-state index in [1.807, 2.05) is 13.0 Å². The number of rotatable bonds is 7. The first kappa shape index (κ1) is 14.3. The predicted octanol–water partition coefficient (Wildman–Crippen LogP) is 1.93. The predicted molar refractivity (Wildman–Crippen MR) is 74.4 cm³/mol. The van der Waals surface area contributed by atoms with Crippen LogP contribution in [0.25, 0.3) is 0 Å². The number of thiophene rings is 1. The van der Waals surface area contributed by atoms with Crippen LogP contribution in [0.15, 0.2) is 39.2 Å². The third-order valence-corrected chi connectivity index (χ3v) is 5.45. The molecule has 104 valence electrons. The Balaban J connectivity index is 2.00. The average molecular weight is 300 g/mol. The van der Waals surface area contributed by atoms with Crippen LogP contribution in [0.5, 0.6) is 0 Å². The Morgan fingerprint density at radius 2 is 2.11 bits per heavy atom. The Labute approximate surface area is 116 Å². The maximum Gasteiger partial charge on any atom is 0.250 e. The molecule has 2 aromatic rings. The van der Waals surface area contributed by atoms with Crippen LogP contribution in [0, 0.1) is 0 Å². The van der Waals surface area contributed by atoms with E-state index in [2.05, 4.69) is 10.0 Å². The molecule has 5 nitrogen and oxygen atoms in total. The summed E-state index contributed by atoms with van der Waals surface area (Å²) in [6.45, 7) is 3.72. The summed E-state index contributed by atoms with van der Waals surface area (Å²) in [5.74, 6) is 0.591. The van der Waals surface area contributed by atoms with Crippen molar-refractivity contribution in [1.82, 2.24) is 10.0 Å². The summed E-state index contributed by atoms with van der Waals surface area (Å²) < 4.78 is 32.0. The first-order valence-corrected chi connectivity index (χ1v) is 8.23. The van der Waals surface area contributed by atoms with Crippen molar-refractivity contribution in [2.75, 3.05) is 6.54 Å². The molecule has 0 fully saturated rings. The Bertz CT molecular complexity index is 603. The molecule has 0 atom stereocenters. The maximum atomic E-state index is 12.1. The quantitative estimate of drug-likeness (QED) is 0.819. The van der Waals surface area contributed by atoms with Gasteiger partial charge in [-0.3, -0.25) is 0 Å². The molecule has 0 unspecified atom stereocenters. The topological polar surface area (TPSA) is 71.3 Å². The molecule has 2 rings (SSSR count). The molecule has 0 saturated carbocycles. The molecule has 0 spiro atoms. The fourth-order valence-electron chi connectivity index (χ4n) is 1.50. The van der Waals surface area contributed by atoms with Gasteiger partial charge in [-0.15, -0.1) is 11.3 Å². The summed E-state index contributed by atoms with van der Waals surface area (Å²) in [7, 11) is -3.46. The SMILES string of the molecule is CCNCc1ccc(S(=O)(=O)NCc2ccco2)s1. The molecule has 0 aliphatic heterocycles. The molecule has 0 aliphatic carbocycles. The van der Waals surface area contributed by atoms with E-state index in [0.29, 0.717) is 16.5 Å². The molecule has 0 amide bonds. The van der Waals surface area contributed by atoms with Crippen LogP contribution in [0.4, 0.5) is 0 Å². The van der Waals surface area contributed by atoms with Crippen molar-refractivity contribution in [1.29, 1.82) is 0 Å². The summed E-state index contributed by atoms with van der Waals surface area (Å²) in [5, 5.41) is 3.16. The number of hydrogen-bond acceptors (Lipinski definition) is 5. The third kappa shape index (κ3) is 3.90. The van der Waals surface area contributed by atoms with Crippen molar-refractivity contribution in [3.05, 3.63) is 41.2 Å². The Morgan fingerprint density at radius 1 is 1.26 bits per heavy atom. The second-order valence-corrected chi connectivity index (χ2v) is 7.07. The molecule has 0 aromatic carbocycles. The van der Waals surface area contributed by atoms with Crippen molar-refractivity contribution in [3.8, 4) is 0 Å². The van der Waals surface area contributed by atoms with Crippen LogP contribution in [-0.2, 0) is 23.1 Å². The van der Waals surface area contributed by atoms with Crippen LogP contribution >= 0.6 is 11.3 Å². The first-order valence-electron chi connectivity index (χ1n) is 5.93. The normalized spacial score (nSPS) is 11.8. The summed E-state index contributed by atoms with van der Waals surface area (Å²) in [6.07, 6.45) is 1.52. The van der Waals surface area contributed by atoms with Crippen LogP contribution in [0.2, 0.25) is 0 Å². The first-order chi connectivity index (χ1) is 9.12. The lowest BCUT2D eigenvalue weighted by Crippen LogP contribution is -2.22. The van der Waals surface area contributed by atoms with Crippen molar-refractivity contribution >= 4 is 21.4 Å². The van der Waals surface area contributed by atoms with Crippen LogP contribution in [0.1, 0.15) is 17.6 Å². The lowest BCUT2D eigenvalue weighted by atomic mass is 10.4. The molecule has 2 heterocycles. The summed E-state index contributed by atoms with van der Waals surface area (Å²) in [5.41, 5.74) is 0. The van der Waals surface area contributed by atoms with Gasteiger partial charge in [0.05, 0.1) is 12.8 Å². The highest BCUT2D eigenvalue weighted by Crippen LogP contribution is 2.21. The monoisotopic (exact) mass is 300 g/mol. The second-order valence-electron chi connectivity index (χ2n) is 3.90. The summed E-state index contributed by atoms with van der Waals surface area (Å²) in [6, 6.07) is 6.91. The van der Waals surface area contributed by atoms with Gasteiger partial charge in [0.1, 0.15) is 9.97 Å². The van der Waals surface area contributed by atoms with E-state index in [1.165, 1.54) is 17.6 Å². The summed E-state index contributed by atoms with van der Waals surface area (Å²) >= 11 is 1.27. The number of nitrogens with one attached hydrogen (secondary N) is 2. The maximum absolute atomic E-state index is 12.1. The average Bonchev–Trinajstić information content (AvgIpc) is 3.05. The number of sulfonamides is 1. The van der Waals surface area contributed by atoms with Crippen LogP contribution in [-0.4, -0.2) is 15.0 Å². The van der Waals surface area contributed by atoms with Gasteiger partial charge in [0, 0.05) is 11.4 Å². The van der Waals surface area contributed by atoms with E-state index >= 15 is 0 Å². The van der Waals surface area contributed by atoms with Gasteiger partial charge in [0.15, 0.2) is 0 Å². The molecular formula is C12H16N2O3S2. The Kier molecular flexibility index (Phi) is 4.76. The summed E-state index contributed by atoms with van der Waals surface area (Å²) in [4.78, 5) is 1.00. The van der Waals surface area contributed by atoms with E-state index in [1.54, 1.807) is 18.2 Å². The van der Waals surface area contributed by atoms with E-state index in [0.717, 1.165) is 11.4 Å². The zero-order valence-corrected chi connectivity index (χ0v) is 12.2. The lowest BCUT2D eigenvalue weighted by molar-refractivity contribution is 0.499. The highest BCUT2D eigenvalue weighted by atomic mass is 32.2. The van der Waals surface area contributed by atoms with Gasteiger partial charge in [-0.05, 0) is 30.8 Å². The standard InChI is InChI=1S/C12H16N2O3S2/c1-2-13-9-11-5-6-12(18-11)19(15,16)14-8-10-4-3-7-17-10/h3-7,13-14H,2,8-9H2,1H3. The van der Waals surface area contributed by atoms with Crippen molar-refractivity contribution in [3.63, 3.8) is 0 Å². The van der Waals surface area contributed by atoms with Gasteiger partial charge < -0.3 is 9.73 Å². The minimum Gasteiger partial charge on any atom is -0.468 e. The molecule has 2 N–H and O–H groups in total. The Morgan fingerprint density at radius 3 is 2.79 bits per heavy atom. The number of furan rings is 1. The lowest BCUT2D eigenvalue weighted by Gasteiger charge is -2.02. The fraction of sp³-hybridized carbons (Fsp3) is 0.333. The van der Waals surface area contributed by atoms with Crippen LogP contribution < -0.4 is 10.0 Å². The van der Waals surface area contributed by atoms with Gasteiger partial charge in [-0.2, -0.15) is 0 Å². The minimum atomic E-state index is -3.46.